The van der Waals surface area contributed by atoms with Crippen LogP contribution in [-0.2, 0) is 9.59 Å². The van der Waals surface area contributed by atoms with Gasteiger partial charge in [-0.25, -0.2) is 0 Å². The van der Waals surface area contributed by atoms with E-state index in [4.69, 9.17) is 0 Å². The van der Waals surface area contributed by atoms with Crippen molar-refractivity contribution < 1.29 is 9.59 Å². The summed E-state index contributed by atoms with van der Waals surface area (Å²) in [5, 5.41) is 3.21. The van der Waals surface area contributed by atoms with E-state index in [9.17, 15) is 9.59 Å². The molecule has 156 valence electrons. The van der Waals surface area contributed by atoms with Crippen LogP contribution in [0.5, 0.6) is 0 Å². The Balaban J connectivity index is 1.92. The smallest absolute Gasteiger partial charge is 0.237 e. The summed E-state index contributed by atoms with van der Waals surface area (Å²) in [5.74, 6) is 0.935. The van der Waals surface area contributed by atoms with Crippen molar-refractivity contribution in [2.24, 2.45) is 11.8 Å². The monoisotopic (exact) mass is 380 g/mol. The lowest BCUT2D eigenvalue weighted by Gasteiger charge is -2.41. The van der Waals surface area contributed by atoms with Gasteiger partial charge in [0.05, 0.1) is 6.04 Å². The van der Waals surface area contributed by atoms with E-state index in [1.165, 1.54) is 12.8 Å². The second-order valence-electron chi connectivity index (χ2n) is 8.32. The van der Waals surface area contributed by atoms with Crippen LogP contribution in [0.15, 0.2) is 0 Å². The molecule has 1 N–H and O–H groups in total. The largest absolute Gasteiger partial charge is 0.353 e. The van der Waals surface area contributed by atoms with Gasteiger partial charge < -0.3 is 15.1 Å². The summed E-state index contributed by atoms with van der Waals surface area (Å²) in [5.41, 5.74) is 0. The average molecular weight is 381 g/mol. The SMILES string of the molecule is CCN(CC)CCNC(=O)C(C1CCCC1)N1CCN(C(=O)C(C)C)CC1. The molecule has 0 aromatic rings. The van der Waals surface area contributed by atoms with Crippen LogP contribution in [0.4, 0.5) is 0 Å². The quantitative estimate of drug-likeness (QED) is 0.663. The fourth-order valence-electron chi connectivity index (χ4n) is 4.52. The molecule has 0 spiro atoms. The number of rotatable bonds is 9. The van der Waals surface area contributed by atoms with E-state index in [0.29, 0.717) is 5.92 Å². The van der Waals surface area contributed by atoms with Crippen LogP contribution in [0.2, 0.25) is 0 Å². The fraction of sp³-hybridized carbons (Fsp3) is 0.905. The number of amides is 2. The molecule has 0 radical (unpaired) electrons. The van der Waals surface area contributed by atoms with Crippen LogP contribution in [-0.4, -0.2) is 84.9 Å². The highest BCUT2D eigenvalue weighted by Crippen LogP contribution is 2.31. The predicted molar refractivity (Wildman–Crippen MR) is 110 cm³/mol. The van der Waals surface area contributed by atoms with E-state index < -0.39 is 0 Å². The summed E-state index contributed by atoms with van der Waals surface area (Å²) in [4.78, 5) is 31.9. The highest BCUT2D eigenvalue weighted by Gasteiger charge is 2.37. The average Bonchev–Trinajstić information content (AvgIpc) is 3.19. The van der Waals surface area contributed by atoms with Crippen LogP contribution in [0.25, 0.3) is 0 Å². The first-order valence-electron chi connectivity index (χ1n) is 11.0. The summed E-state index contributed by atoms with van der Waals surface area (Å²) < 4.78 is 0. The molecule has 1 saturated heterocycles. The zero-order valence-corrected chi connectivity index (χ0v) is 17.9. The molecule has 1 atom stereocenters. The third-order valence-corrected chi connectivity index (χ3v) is 6.25. The molecule has 6 heteroatoms. The van der Waals surface area contributed by atoms with Gasteiger partial charge in [-0.05, 0) is 31.8 Å². The molecule has 2 rings (SSSR count). The van der Waals surface area contributed by atoms with Gasteiger partial charge in [0.15, 0.2) is 0 Å². The summed E-state index contributed by atoms with van der Waals surface area (Å²) in [7, 11) is 0. The zero-order chi connectivity index (χ0) is 19.8. The van der Waals surface area contributed by atoms with Crippen molar-refractivity contribution in [3.63, 3.8) is 0 Å². The van der Waals surface area contributed by atoms with Crippen molar-refractivity contribution in [1.82, 2.24) is 20.0 Å². The topological polar surface area (TPSA) is 55.9 Å². The first-order valence-corrected chi connectivity index (χ1v) is 11.0. The van der Waals surface area contributed by atoms with Crippen molar-refractivity contribution >= 4 is 11.8 Å². The van der Waals surface area contributed by atoms with Crippen molar-refractivity contribution in [3.05, 3.63) is 0 Å². The predicted octanol–water partition coefficient (Wildman–Crippen LogP) is 1.80. The molecule has 0 bridgehead atoms. The van der Waals surface area contributed by atoms with E-state index in [2.05, 4.69) is 29.0 Å². The number of hydrogen-bond donors (Lipinski definition) is 1. The molecule has 1 saturated carbocycles. The molecular formula is C21H40N4O2. The zero-order valence-electron chi connectivity index (χ0n) is 17.9. The van der Waals surface area contributed by atoms with Crippen LogP contribution in [0.3, 0.4) is 0 Å². The van der Waals surface area contributed by atoms with Gasteiger partial charge in [0, 0.05) is 45.2 Å². The molecule has 6 nitrogen and oxygen atoms in total. The van der Waals surface area contributed by atoms with Gasteiger partial charge in [-0.2, -0.15) is 0 Å². The normalized spacial score (nSPS) is 20.4. The molecule has 0 aromatic heterocycles. The maximum Gasteiger partial charge on any atom is 0.237 e. The first-order chi connectivity index (χ1) is 13.0. The van der Waals surface area contributed by atoms with Crippen molar-refractivity contribution in [2.75, 3.05) is 52.4 Å². The molecule has 27 heavy (non-hydrogen) atoms. The molecule has 2 fully saturated rings. The number of likely N-dealkylation sites (N-methyl/N-ethyl adjacent to an activating group) is 1. The van der Waals surface area contributed by atoms with Gasteiger partial charge in [0.2, 0.25) is 11.8 Å². The van der Waals surface area contributed by atoms with Crippen LogP contribution in [0.1, 0.15) is 53.4 Å². The molecule has 0 aromatic carbocycles. The Morgan fingerprint density at radius 1 is 1.04 bits per heavy atom. The standard InChI is InChI=1S/C21H40N4O2/c1-5-23(6-2)12-11-22-20(26)19(18-9-7-8-10-18)24-13-15-25(16-14-24)21(27)17(3)4/h17-19H,5-16H2,1-4H3,(H,22,26). The second kappa shape index (κ2) is 11.0. The molecule has 1 aliphatic heterocycles. The first kappa shape index (κ1) is 22.2. The highest BCUT2D eigenvalue weighted by molar-refractivity contribution is 5.82. The molecule has 1 aliphatic carbocycles. The molecule has 2 amide bonds. The lowest BCUT2D eigenvalue weighted by Crippen LogP contribution is -2.58. The van der Waals surface area contributed by atoms with Crippen molar-refractivity contribution in [1.29, 1.82) is 0 Å². The number of piperazine rings is 1. The molecule has 2 aliphatic rings. The third kappa shape index (κ3) is 6.18. The number of nitrogens with zero attached hydrogens (tertiary/aromatic N) is 3. The third-order valence-electron chi connectivity index (χ3n) is 6.25. The van der Waals surface area contributed by atoms with Gasteiger partial charge in [-0.15, -0.1) is 0 Å². The summed E-state index contributed by atoms with van der Waals surface area (Å²) >= 11 is 0. The Labute approximate surface area is 165 Å². The van der Waals surface area contributed by atoms with Crippen LogP contribution in [0, 0.1) is 11.8 Å². The number of nitrogens with one attached hydrogen (secondary N) is 1. The van der Waals surface area contributed by atoms with E-state index in [-0.39, 0.29) is 23.8 Å². The minimum atomic E-state index is -0.0273. The van der Waals surface area contributed by atoms with Crippen molar-refractivity contribution in [2.45, 2.75) is 59.4 Å². The maximum atomic E-state index is 13.1. The van der Waals surface area contributed by atoms with E-state index in [1.54, 1.807) is 0 Å². The number of carbonyl (C=O) groups excluding carboxylic acids is 2. The Hall–Kier alpha value is -1.14. The number of hydrogen-bond acceptors (Lipinski definition) is 4. The van der Waals surface area contributed by atoms with Gasteiger partial charge in [0.1, 0.15) is 0 Å². The van der Waals surface area contributed by atoms with E-state index in [1.807, 2.05) is 18.7 Å². The van der Waals surface area contributed by atoms with Crippen LogP contribution < -0.4 is 5.32 Å². The lowest BCUT2D eigenvalue weighted by atomic mass is 9.95. The van der Waals surface area contributed by atoms with Gasteiger partial charge in [-0.3, -0.25) is 14.5 Å². The molecular weight excluding hydrogens is 340 g/mol. The van der Waals surface area contributed by atoms with Gasteiger partial charge >= 0.3 is 0 Å². The van der Waals surface area contributed by atoms with E-state index in [0.717, 1.165) is 65.2 Å². The van der Waals surface area contributed by atoms with E-state index >= 15 is 0 Å². The maximum absolute atomic E-state index is 13.1. The second-order valence-corrected chi connectivity index (χ2v) is 8.32. The van der Waals surface area contributed by atoms with Crippen LogP contribution >= 0.6 is 0 Å². The molecule has 1 unspecified atom stereocenters. The fourth-order valence-corrected chi connectivity index (χ4v) is 4.52. The Morgan fingerprint density at radius 2 is 1.63 bits per heavy atom. The Bertz CT molecular complexity index is 465. The van der Waals surface area contributed by atoms with Gasteiger partial charge in [-0.1, -0.05) is 40.5 Å². The van der Waals surface area contributed by atoms with Gasteiger partial charge in [0.25, 0.3) is 0 Å². The summed E-state index contributed by atoms with van der Waals surface area (Å²) in [6.45, 7) is 15.0. The van der Waals surface area contributed by atoms with Crippen molar-refractivity contribution in [3.8, 4) is 0 Å². The summed E-state index contributed by atoms with van der Waals surface area (Å²) in [6.07, 6.45) is 4.78. The Kier molecular flexibility index (Phi) is 9.03. The summed E-state index contributed by atoms with van der Waals surface area (Å²) in [6, 6.07) is -0.0273. The lowest BCUT2D eigenvalue weighted by molar-refractivity contribution is -0.138. The Morgan fingerprint density at radius 3 is 2.15 bits per heavy atom. The highest BCUT2D eigenvalue weighted by atomic mass is 16.2. The minimum absolute atomic E-state index is 0.0273. The number of carbonyl (C=O) groups is 2. The minimum Gasteiger partial charge on any atom is -0.353 e. The molecule has 1 heterocycles.